The van der Waals surface area contributed by atoms with E-state index in [1.165, 1.54) is 12.1 Å². The van der Waals surface area contributed by atoms with Crippen molar-refractivity contribution in [2.75, 3.05) is 18.5 Å². The van der Waals surface area contributed by atoms with E-state index in [4.69, 9.17) is 4.74 Å². The van der Waals surface area contributed by atoms with Gasteiger partial charge in [0.1, 0.15) is 5.82 Å². The van der Waals surface area contributed by atoms with Gasteiger partial charge in [-0.3, -0.25) is 4.79 Å². The van der Waals surface area contributed by atoms with Crippen LogP contribution in [0.25, 0.3) is 0 Å². The molecule has 1 fully saturated rings. The van der Waals surface area contributed by atoms with Crippen molar-refractivity contribution in [2.45, 2.75) is 19.5 Å². The quantitative estimate of drug-likeness (QED) is 0.857. The summed E-state index contributed by atoms with van der Waals surface area (Å²) in [5, 5.41) is 6.24. The lowest BCUT2D eigenvalue weighted by atomic mass is 10.1. The van der Waals surface area contributed by atoms with E-state index in [0.717, 1.165) is 23.2 Å². The molecule has 2 aromatic rings. The number of anilines is 1. The third kappa shape index (κ3) is 4.55. The molecular weight excluding hydrogens is 307 g/mol. The van der Waals surface area contributed by atoms with Crippen molar-refractivity contribution in [3.63, 3.8) is 0 Å². The number of rotatable bonds is 6. The van der Waals surface area contributed by atoms with E-state index in [9.17, 15) is 9.18 Å². The van der Waals surface area contributed by atoms with E-state index in [2.05, 4.69) is 10.6 Å². The van der Waals surface area contributed by atoms with E-state index in [0.29, 0.717) is 26.3 Å². The monoisotopic (exact) mass is 328 g/mol. The Hall–Kier alpha value is -2.40. The average molecular weight is 328 g/mol. The van der Waals surface area contributed by atoms with Crippen LogP contribution >= 0.6 is 0 Å². The van der Waals surface area contributed by atoms with E-state index < -0.39 is 0 Å². The largest absolute Gasteiger partial charge is 0.381 e. The summed E-state index contributed by atoms with van der Waals surface area (Å²) in [7, 11) is 0. The zero-order valence-electron chi connectivity index (χ0n) is 13.4. The predicted octanol–water partition coefficient (Wildman–Crippen LogP) is 3.09. The molecule has 1 heterocycles. The van der Waals surface area contributed by atoms with E-state index in [1.807, 2.05) is 24.3 Å². The van der Waals surface area contributed by atoms with Crippen molar-refractivity contribution in [2.24, 2.45) is 5.92 Å². The Kier molecular flexibility index (Phi) is 5.43. The van der Waals surface area contributed by atoms with Crippen LogP contribution in [0.1, 0.15) is 17.5 Å². The maximum Gasteiger partial charge on any atom is 0.225 e. The van der Waals surface area contributed by atoms with Gasteiger partial charge in [0.2, 0.25) is 5.91 Å². The molecule has 0 unspecified atom stereocenters. The summed E-state index contributed by atoms with van der Waals surface area (Å²) in [4.78, 5) is 11.9. The first-order chi connectivity index (χ1) is 11.7. The smallest absolute Gasteiger partial charge is 0.225 e. The fraction of sp³-hybridized carbons (Fsp3) is 0.316. The molecule has 0 saturated carbocycles. The maximum absolute atomic E-state index is 12.9. The summed E-state index contributed by atoms with van der Waals surface area (Å²) in [6.45, 7) is 2.36. The maximum atomic E-state index is 12.9. The van der Waals surface area contributed by atoms with Crippen molar-refractivity contribution in [3.8, 4) is 0 Å². The standard InChI is InChI=1S/C19H21FN2O2/c20-17-5-1-14(2-6-17)11-21-18-7-3-15(4-8-18)12-22-19(23)16-9-10-24-13-16/h1-8,16,21H,9-13H2,(H,22,23)/t16-/m1/s1. The molecule has 3 rings (SSSR count). The highest BCUT2D eigenvalue weighted by atomic mass is 19.1. The normalized spacial score (nSPS) is 16.8. The number of ether oxygens (including phenoxy) is 1. The highest BCUT2D eigenvalue weighted by Crippen LogP contribution is 2.14. The highest BCUT2D eigenvalue weighted by Gasteiger charge is 2.22. The molecule has 4 nitrogen and oxygen atoms in total. The number of amides is 1. The Morgan fingerprint density at radius 1 is 1.04 bits per heavy atom. The van der Waals surface area contributed by atoms with Gasteiger partial charge in [-0.25, -0.2) is 4.39 Å². The lowest BCUT2D eigenvalue weighted by molar-refractivity contribution is -0.125. The molecule has 5 heteroatoms. The number of carbonyl (C=O) groups is 1. The number of benzene rings is 2. The molecule has 1 aliphatic heterocycles. The van der Waals surface area contributed by atoms with Crippen molar-refractivity contribution in [3.05, 3.63) is 65.5 Å². The second-order valence-corrected chi connectivity index (χ2v) is 5.96. The molecule has 126 valence electrons. The molecule has 0 radical (unpaired) electrons. The van der Waals surface area contributed by atoms with Gasteiger partial charge in [-0.05, 0) is 41.8 Å². The summed E-state index contributed by atoms with van der Waals surface area (Å²) >= 11 is 0. The van der Waals surface area contributed by atoms with Crippen molar-refractivity contribution >= 4 is 11.6 Å². The molecule has 1 aliphatic rings. The second-order valence-electron chi connectivity index (χ2n) is 5.96. The molecule has 1 saturated heterocycles. The van der Waals surface area contributed by atoms with Gasteiger partial charge in [-0.1, -0.05) is 24.3 Å². The number of hydrogen-bond acceptors (Lipinski definition) is 3. The van der Waals surface area contributed by atoms with Crippen LogP contribution in [-0.4, -0.2) is 19.1 Å². The van der Waals surface area contributed by atoms with Gasteiger partial charge in [0.25, 0.3) is 0 Å². The van der Waals surface area contributed by atoms with E-state index in [1.54, 1.807) is 12.1 Å². The fourth-order valence-electron chi connectivity index (χ4n) is 2.62. The highest BCUT2D eigenvalue weighted by molar-refractivity contribution is 5.79. The first-order valence-electron chi connectivity index (χ1n) is 8.13. The average Bonchev–Trinajstić information content (AvgIpc) is 3.15. The van der Waals surface area contributed by atoms with Gasteiger partial charge in [0.05, 0.1) is 12.5 Å². The van der Waals surface area contributed by atoms with Crippen LogP contribution in [0.3, 0.4) is 0 Å². The van der Waals surface area contributed by atoms with Gasteiger partial charge < -0.3 is 15.4 Å². The van der Waals surface area contributed by atoms with Crippen LogP contribution in [0.5, 0.6) is 0 Å². The first kappa shape index (κ1) is 16.5. The molecule has 1 atom stereocenters. The summed E-state index contributed by atoms with van der Waals surface area (Å²) in [5.41, 5.74) is 3.06. The van der Waals surface area contributed by atoms with Gasteiger partial charge in [0.15, 0.2) is 0 Å². The number of carbonyl (C=O) groups excluding carboxylic acids is 1. The van der Waals surface area contributed by atoms with Crippen LogP contribution in [0.2, 0.25) is 0 Å². The first-order valence-corrected chi connectivity index (χ1v) is 8.13. The molecule has 0 bridgehead atoms. The molecular formula is C19H21FN2O2. The van der Waals surface area contributed by atoms with Crippen LogP contribution in [0.15, 0.2) is 48.5 Å². The summed E-state index contributed by atoms with van der Waals surface area (Å²) < 4.78 is 18.1. The third-order valence-electron chi connectivity index (χ3n) is 4.13. The minimum atomic E-state index is -0.227. The fourth-order valence-corrected chi connectivity index (χ4v) is 2.62. The van der Waals surface area contributed by atoms with Crippen LogP contribution in [-0.2, 0) is 22.6 Å². The molecule has 0 aromatic heterocycles. The van der Waals surface area contributed by atoms with Crippen molar-refractivity contribution in [1.29, 1.82) is 0 Å². The Bertz CT molecular complexity index is 665. The lowest BCUT2D eigenvalue weighted by Crippen LogP contribution is -2.30. The van der Waals surface area contributed by atoms with E-state index in [-0.39, 0.29) is 17.6 Å². The Morgan fingerprint density at radius 2 is 1.71 bits per heavy atom. The van der Waals surface area contributed by atoms with Crippen LogP contribution in [0, 0.1) is 11.7 Å². The van der Waals surface area contributed by atoms with E-state index >= 15 is 0 Å². The van der Waals surface area contributed by atoms with Gasteiger partial charge in [-0.15, -0.1) is 0 Å². The molecule has 1 amide bonds. The number of nitrogens with one attached hydrogen (secondary N) is 2. The van der Waals surface area contributed by atoms with Gasteiger partial charge in [-0.2, -0.15) is 0 Å². The third-order valence-corrected chi connectivity index (χ3v) is 4.13. The van der Waals surface area contributed by atoms with Crippen molar-refractivity contribution in [1.82, 2.24) is 5.32 Å². The zero-order chi connectivity index (χ0) is 16.8. The van der Waals surface area contributed by atoms with Gasteiger partial charge >= 0.3 is 0 Å². The predicted molar refractivity (Wildman–Crippen MR) is 90.9 cm³/mol. The van der Waals surface area contributed by atoms with Crippen LogP contribution < -0.4 is 10.6 Å². The molecule has 0 spiro atoms. The van der Waals surface area contributed by atoms with Gasteiger partial charge in [0, 0.05) is 25.4 Å². The SMILES string of the molecule is O=C(NCc1ccc(NCc2ccc(F)cc2)cc1)[C@@H]1CCOC1. The Morgan fingerprint density at radius 3 is 2.38 bits per heavy atom. The minimum absolute atomic E-state index is 0.0124. The summed E-state index contributed by atoms with van der Waals surface area (Å²) in [5.74, 6) is -0.179. The Balaban J connectivity index is 1.46. The minimum Gasteiger partial charge on any atom is -0.381 e. The molecule has 24 heavy (non-hydrogen) atoms. The second kappa shape index (κ2) is 7.93. The molecule has 0 aliphatic carbocycles. The molecule has 2 N–H and O–H groups in total. The molecule has 2 aromatic carbocycles. The Labute approximate surface area is 141 Å². The summed E-state index contributed by atoms with van der Waals surface area (Å²) in [6, 6.07) is 14.4. The zero-order valence-corrected chi connectivity index (χ0v) is 13.4. The number of halogens is 1. The number of hydrogen-bond donors (Lipinski definition) is 2. The lowest BCUT2D eigenvalue weighted by Gasteiger charge is -2.10. The van der Waals surface area contributed by atoms with Crippen LogP contribution in [0.4, 0.5) is 10.1 Å². The topological polar surface area (TPSA) is 50.4 Å². The summed E-state index contributed by atoms with van der Waals surface area (Å²) in [6.07, 6.45) is 0.804. The van der Waals surface area contributed by atoms with Crippen molar-refractivity contribution < 1.29 is 13.9 Å².